The van der Waals surface area contributed by atoms with Crippen molar-refractivity contribution >= 4 is 34.1 Å². The summed E-state index contributed by atoms with van der Waals surface area (Å²) < 4.78 is 0. The minimum absolute atomic E-state index is 0.00341. The van der Waals surface area contributed by atoms with Crippen molar-refractivity contribution in [3.05, 3.63) is 28.6 Å². The number of hydrogen-bond donors (Lipinski definition) is 2. The molecular formula is C11H10ClN3O2. The first-order chi connectivity index (χ1) is 8.15. The van der Waals surface area contributed by atoms with Gasteiger partial charge < -0.3 is 4.90 Å². The van der Waals surface area contributed by atoms with Crippen molar-refractivity contribution in [2.24, 2.45) is 0 Å². The third-order valence-electron chi connectivity index (χ3n) is 2.95. The SMILES string of the molecule is O=C1CC(Cl)CN1c1ccc2[nH][nH]c(=O)c2c1. The summed E-state index contributed by atoms with van der Waals surface area (Å²) in [5.74, 6) is -0.00341. The second-order valence-electron chi connectivity index (χ2n) is 4.11. The maximum atomic E-state index is 11.7. The van der Waals surface area contributed by atoms with Crippen molar-refractivity contribution in [1.82, 2.24) is 10.2 Å². The van der Waals surface area contributed by atoms with Crippen molar-refractivity contribution in [3.63, 3.8) is 0 Å². The fraction of sp³-hybridized carbons (Fsp3) is 0.273. The Morgan fingerprint density at radius 1 is 1.29 bits per heavy atom. The van der Waals surface area contributed by atoms with Crippen LogP contribution in [0.4, 0.5) is 5.69 Å². The number of carbonyl (C=O) groups is 1. The molecule has 2 aromatic rings. The number of H-pyrrole nitrogens is 2. The van der Waals surface area contributed by atoms with E-state index in [9.17, 15) is 9.59 Å². The van der Waals surface area contributed by atoms with Crippen LogP contribution in [0.1, 0.15) is 6.42 Å². The normalized spacial score (nSPS) is 20.4. The molecule has 1 aromatic carbocycles. The zero-order valence-electron chi connectivity index (χ0n) is 8.87. The number of amides is 1. The van der Waals surface area contributed by atoms with Gasteiger partial charge in [-0.2, -0.15) is 0 Å². The van der Waals surface area contributed by atoms with E-state index >= 15 is 0 Å². The van der Waals surface area contributed by atoms with Crippen molar-refractivity contribution < 1.29 is 4.79 Å². The molecule has 0 saturated carbocycles. The van der Waals surface area contributed by atoms with Crippen LogP contribution in [-0.2, 0) is 4.79 Å². The molecule has 1 aliphatic heterocycles. The summed E-state index contributed by atoms with van der Waals surface area (Å²) in [6.07, 6.45) is 0.350. The molecule has 5 nitrogen and oxygen atoms in total. The number of fused-ring (bicyclic) bond motifs is 1. The average Bonchev–Trinajstić information content (AvgIpc) is 2.83. The second kappa shape index (κ2) is 3.63. The lowest BCUT2D eigenvalue weighted by Gasteiger charge is -2.15. The highest BCUT2D eigenvalue weighted by Crippen LogP contribution is 2.25. The minimum atomic E-state index is -0.184. The Morgan fingerprint density at radius 2 is 2.12 bits per heavy atom. The number of nitrogens with one attached hydrogen (secondary N) is 2. The van der Waals surface area contributed by atoms with Crippen molar-refractivity contribution in [3.8, 4) is 0 Å². The van der Waals surface area contributed by atoms with E-state index in [1.54, 1.807) is 23.1 Å². The number of carbonyl (C=O) groups excluding carboxylic acids is 1. The smallest absolute Gasteiger partial charge is 0.271 e. The Labute approximate surface area is 101 Å². The maximum Gasteiger partial charge on any atom is 0.271 e. The number of alkyl halides is 1. The second-order valence-corrected chi connectivity index (χ2v) is 4.73. The fourth-order valence-electron chi connectivity index (χ4n) is 2.10. The zero-order valence-corrected chi connectivity index (χ0v) is 9.62. The van der Waals surface area contributed by atoms with Crippen LogP contribution in [0.25, 0.3) is 10.9 Å². The van der Waals surface area contributed by atoms with Gasteiger partial charge in [0.2, 0.25) is 5.91 Å². The molecule has 2 heterocycles. The molecule has 1 fully saturated rings. The third kappa shape index (κ3) is 1.63. The monoisotopic (exact) mass is 251 g/mol. The number of aromatic nitrogens is 2. The van der Waals surface area contributed by atoms with Gasteiger partial charge in [0.05, 0.1) is 16.3 Å². The van der Waals surface area contributed by atoms with E-state index in [4.69, 9.17) is 11.6 Å². The molecule has 1 aromatic heterocycles. The molecule has 3 rings (SSSR count). The number of halogens is 1. The van der Waals surface area contributed by atoms with Gasteiger partial charge in [0, 0.05) is 18.7 Å². The summed E-state index contributed by atoms with van der Waals surface area (Å²) in [5, 5.41) is 5.66. The molecule has 1 saturated heterocycles. The Morgan fingerprint density at radius 3 is 2.82 bits per heavy atom. The van der Waals surface area contributed by atoms with Gasteiger partial charge >= 0.3 is 0 Å². The molecule has 17 heavy (non-hydrogen) atoms. The number of benzene rings is 1. The summed E-state index contributed by atoms with van der Waals surface area (Å²) in [4.78, 5) is 24.8. The lowest BCUT2D eigenvalue weighted by Crippen LogP contribution is -2.24. The van der Waals surface area contributed by atoms with Gasteiger partial charge in [-0.15, -0.1) is 11.6 Å². The summed E-state index contributed by atoms with van der Waals surface area (Å²) in [6.45, 7) is 0.494. The highest BCUT2D eigenvalue weighted by Gasteiger charge is 2.29. The van der Waals surface area contributed by atoms with Crippen LogP contribution in [0, 0.1) is 0 Å². The predicted molar refractivity (Wildman–Crippen MR) is 65.5 cm³/mol. The fourth-order valence-corrected chi connectivity index (χ4v) is 2.37. The molecule has 1 unspecified atom stereocenters. The third-order valence-corrected chi connectivity index (χ3v) is 3.24. The van der Waals surface area contributed by atoms with Crippen LogP contribution in [0.15, 0.2) is 23.0 Å². The van der Waals surface area contributed by atoms with Gasteiger partial charge in [0.25, 0.3) is 5.56 Å². The van der Waals surface area contributed by atoms with Crippen LogP contribution in [-0.4, -0.2) is 28.0 Å². The number of hydrogen-bond acceptors (Lipinski definition) is 2. The van der Waals surface area contributed by atoms with Crippen molar-refractivity contribution in [2.75, 3.05) is 11.4 Å². The number of aromatic amines is 2. The summed E-state index contributed by atoms with van der Waals surface area (Å²) in [6, 6.07) is 5.29. The van der Waals surface area contributed by atoms with Gasteiger partial charge in [-0.05, 0) is 18.2 Å². The van der Waals surface area contributed by atoms with Gasteiger partial charge in [0.1, 0.15) is 0 Å². The average molecular weight is 252 g/mol. The Balaban J connectivity index is 2.09. The number of rotatable bonds is 1. The quantitative estimate of drug-likeness (QED) is 0.748. The number of nitrogens with zero attached hydrogens (tertiary/aromatic N) is 1. The highest BCUT2D eigenvalue weighted by molar-refractivity contribution is 6.24. The molecule has 88 valence electrons. The molecule has 1 aliphatic rings. The Hall–Kier alpha value is -1.75. The molecular weight excluding hydrogens is 242 g/mol. The first-order valence-corrected chi connectivity index (χ1v) is 5.73. The molecule has 6 heteroatoms. The maximum absolute atomic E-state index is 11.7. The molecule has 1 atom stereocenters. The van der Waals surface area contributed by atoms with Gasteiger partial charge in [-0.3, -0.25) is 19.8 Å². The highest BCUT2D eigenvalue weighted by atomic mass is 35.5. The largest absolute Gasteiger partial charge is 0.311 e. The van der Waals surface area contributed by atoms with E-state index in [2.05, 4.69) is 10.2 Å². The first-order valence-electron chi connectivity index (χ1n) is 5.30. The molecule has 2 N–H and O–H groups in total. The van der Waals surface area contributed by atoms with Crippen LogP contribution in [0.5, 0.6) is 0 Å². The van der Waals surface area contributed by atoms with Crippen LogP contribution in [0.2, 0.25) is 0 Å². The van der Waals surface area contributed by atoms with E-state index in [0.717, 1.165) is 11.2 Å². The topological polar surface area (TPSA) is 69.0 Å². The van der Waals surface area contributed by atoms with E-state index < -0.39 is 0 Å². The van der Waals surface area contributed by atoms with E-state index in [1.807, 2.05) is 0 Å². The van der Waals surface area contributed by atoms with E-state index in [1.165, 1.54) is 0 Å². The lowest BCUT2D eigenvalue weighted by atomic mass is 10.2. The first kappa shape index (κ1) is 10.4. The molecule has 1 amide bonds. The Kier molecular flexibility index (Phi) is 2.22. The molecule has 0 radical (unpaired) electrons. The van der Waals surface area contributed by atoms with Crippen molar-refractivity contribution in [2.45, 2.75) is 11.8 Å². The van der Waals surface area contributed by atoms with E-state index in [0.29, 0.717) is 18.4 Å². The number of anilines is 1. The summed E-state index contributed by atoms with van der Waals surface area (Å²) >= 11 is 5.94. The predicted octanol–water partition coefficient (Wildman–Crippen LogP) is 1.20. The van der Waals surface area contributed by atoms with Crippen LogP contribution >= 0.6 is 11.6 Å². The summed E-state index contributed by atoms with van der Waals surface area (Å²) in [7, 11) is 0. The Bertz CT molecular complexity index is 645. The standard InChI is InChI=1S/C11H10ClN3O2/c12-6-3-10(16)15(5-6)7-1-2-9-8(4-7)11(17)14-13-9/h1-2,4,6H,3,5H2,(H2,13,14,17). The minimum Gasteiger partial charge on any atom is -0.311 e. The van der Waals surface area contributed by atoms with Crippen LogP contribution in [0.3, 0.4) is 0 Å². The molecule has 0 spiro atoms. The van der Waals surface area contributed by atoms with Gasteiger partial charge in [-0.25, -0.2) is 0 Å². The summed E-state index contributed by atoms with van der Waals surface area (Å²) in [5.41, 5.74) is 1.26. The van der Waals surface area contributed by atoms with Crippen LogP contribution < -0.4 is 10.5 Å². The van der Waals surface area contributed by atoms with E-state index in [-0.39, 0.29) is 16.8 Å². The molecule has 0 bridgehead atoms. The zero-order chi connectivity index (χ0) is 12.0. The van der Waals surface area contributed by atoms with Gasteiger partial charge in [0.15, 0.2) is 0 Å². The van der Waals surface area contributed by atoms with Gasteiger partial charge in [-0.1, -0.05) is 0 Å². The lowest BCUT2D eigenvalue weighted by molar-refractivity contribution is -0.117. The van der Waals surface area contributed by atoms with Crippen molar-refractivity contribution in [1.29, 1.82) is 0 Å². The molecule has 0 aliphatic carbocycles.